The first-order valence-electron chi connectivity index (χ1n) is 6.73. The highest BCUT2D eigenvalue weighted by Crippen LogP contribution is 2.47. The number of hydrogen-bond donors (Lipinski definition) is 0. The van der Waals surface area contributed by atoms with Crippen molar-refractivity contribution < 1.29 is 14.0 Å². The number of amides is 3. The fourth-order valence-corrected chi connectivity index (χ4v) is 5.15. The Balaban J connectivity index is 1.69. The lowest BCUT2D eigenvalue weighted by molar-refractivity contribution is -0.119. The number of carbonyl (C=O) groups excluding carboxylic acids is 2. The zero-order valence-corrected chi connectivity index (χ0v) is 12.9. The van der Waals surface area contributed by atoms with Gasteiger partial charge in [0.1, 0.15) is 17.2 Å². The van der Waals surface area contributed by atoms with Crippen molar-refractivity contribution in [3.63, 3.8) is 0 Å². The van der Waals surface area contributed by atoms with E-state index in [0.29, 0.717) is 11.4 Å². The van der Waals surface area contributed by atoms with E-state index in [0.717, 1.165) is 9.78 Å². The lowest BCUT2D eigenvalue weighted by atomic mass is 10.2. The number of benzene rings is 1. The highest BCUT2D eigenvalue weighted by atomic mass is 32.2. The standard InChI is InChI=1S/C15H11FN2O2S2/c16-9-3-5-10(6-4-9)17-13(19)11-8-22-14(18(11)15(17)20)12-2-1-7-21-12/h1-7,11,14H,8H2/t11-,14?/m0/s1. The number of nitrogens with zero attached hydrogens (tertiary/aromatic N) is 2. The summed E-state index contributed by atoms with van der Waals surface area (Å²) in [6.07, 6.45) is 0. The molecule has 7 heteroatoms. The first kappa shape index (κ1) is 13.8. The minimum absolute atomic E-state index is 0.119. The number of urea groups is 1. The van der Waals surface area contributed by atoms with E-state index < -0.39 is 11.9 Å². The quantitative estimate of drug-likeness (QED) is 0.790. The van der Waals surface area contributed by atoms with Crippen LogP contribution >= 0.6 is 23.1 Å². The Bertz CT molecular complexity index is 733. The predicted molar refractivity (Wildman–Crippen MR) is 84.4 cm³/mol. The molecule has 4 rings (SSSR count). The second-order valence-corrected chi connectivity index (χ2v) is 7.15. The fraction of sp³-hybridized carbons (Fsp3) is 0.200. The van der Waals surface area contributed by atoms with Crippen molar-refractivity contribution in [3.05, 3.63) is 52.5 Å². The molecule has 3 heterocycles. The molecule has 0 bridgehead atoms. The van der Waals surface area contributed by atoms with Crippen molar-refractivity contribution >= 4 is 40.7 Å². The van der Waals surface area contributed by atoms with Crippen molar-refractivity contribution in [1.29, 1.82) is 0 Å². The van der Waals surface area contributed by atoms with Crippen LogP contribution < -0.4 is 4.90 Å². The normalized spacial score (nSPS) is 24.2. The van der Waals surface area contributed by atoms with Crippen LogP contribution in [0.5, 0.6) is 0 Å². The smallest absolute Gasteiger partial charge is 0.294 e. The Morgan fingerprint density at radius 3 is 2.59 bits per heavy atom. The number of anilines is 1. The third-order valence-electron chi connectivity index (χ3n) is 3.79. The van der Waals surface area contributed by atoms with Crippen LogP contribution in [0.15, 0.2) is 41.8 Å². The number of rotatable bonds is 2. The molecule has 2 saturated heterocycles. The maximum absolute atomic E-state index is 13.0. The maximum Gasteiger partial charge on any atom is 0.333 e. The van der Waals surface area contributed by atoms with Crippen LogP contribution in [-0.2, 0) is 4.79 Å². The predicted octanol–water partition coefficient (Wildman–Crippen LogP) is 3.47. The lowest BCUT2D eigenvalue weighted by Gasteiger charge is -2.21. The zero-order chi connectivity index (χ0) is 15.3. The highest BCUT2D eigenvalue weighted by Gasteiger charge is 2.53. The van der Waals surface area contributed by atoms with Gasteiger partial charge in [-0.2, -0.15) is 0 Å². The van der Waals surface area contributed by atoms with Crippen LogP contribution in [0.25, 0.3) is 0 Å². The van der Waals surface area contributed by atoms with E-state index in [1.54, 1.807) is 28.0 Å². The van der Waals surface area contributed by atoms with Gasteiger partial charge in [0.15, 0.2) is 0 Å². The minimum atomic E-state index is -0.436. The first-order chi connectivity index (χ1) is 10.7. The van der Waals surface area contributed by atoms with Gasteiger partial charge in [-0.1, -0.05) is 6.07 Å². The van der Waals surface area contributed by atoms with E-state index in [4.69, 9.17) is 0 Å². The zero-order valence-electron chi connectivity index (χ0n) is 11.3. The largest absolute Gasteiger partial charge is 0.333 e. The summed E-state index contributed by atoms with van der Waals surface area (Å²) in [5.74, 6) is -0.0382. The summed E-state index contributed by atoms with van der Waals surface area (Å²) in [7, 11) is 0. The molecule has 2 fully saturated rings. The molecule has 2 aliphatic heterocycles. The van der Waals surface area contributed by atoms with Gasteiger partial charge in [0.2, 0.25) is 0 Å². The van der Waals surface area contributed by atoms with Gasteiger partial charge < -0.3 is 0 Å². The molecule has 2 aromatic rings. The van der Waals surface area contributed by atoms with Crippen LogP contribution in [-0.4, -0.2) is 28.6 Å². The van der Waals surface area contributed by atoms with Gasteiger partial charge in [0.25, 0.3) is 5.91 Å². The second-order valence-electron chi connectivity index (χ2n) is 5.06. The van der Waals surface area contributed by atoms with E-state index in [1.807, 2.05) is 17.5 Å². The molecule has 0 saturated carbocycles. The summed E-state index contributed by atoms with van der Waals surface area (Å²) in [4.78, 5) is 29.1. The summed E-state index contributed by atoms with van der Waals surface area (Å²) in [6.45, 7) is 0. The lowest BCUT2D eigenvalue weighted by Crippen LogP contribution is -2.33. The number of fused-ring (bicyclic) bond motifs is 1. The number of thiophene rings is 1. The number of carbonyl (C=O) groups is 2. The molecule has 1 unspecified atom stereocenters. The first-order valence-corrected chi connectivity index (χ1v) is 8.66. The summed E-state index contributed by atoms with van der Waals surface area (Å²) in [6, 6.07) is 8.58. The van der Waals surface area contributed by atoms with Crippen LogP contribution in [0.1, 0.15) is 10.3 Å². The Morgan fingerprint density at radius 2 is 1.91 bits per heavy atom. The van der Waals surface area contributed by atoms with E-state index in [2.05, 4.69) is 0 Å². The second kappa shape index (κ2) is 5.10. The van der Waals surface area contributed by atoms with Gasteiger partial charge in [0.05, 0.1) is 5.69 Å². The van der Waals surface area contributed by atoms with Gasteiger partial charge in [-0.05, 0) is 35.7 Å². The SMILES string of the molecule is O=C1[C@@H]2CSC(c3cccs3)N2C(=O)N1c1ccc(F)cc1. The molecule has 2 aliphatic rings. The van der Waals surface area contributed by atoms with E-state index in [9.17, 15) is 14.0 Å². The molecule has 0 N–H and O–H groups in total. The van der Waals surface area contributed by atoms with Gasteiger partial charge in [-0.3, -0.25) is 9.69 Å². The van der Waals surface area contributed by atoms with Crippen LogP contribution in [0.4, 0.5) is 14.9 Å². The van der Waals surface area contributed by atoms with Crippen LogP contribution in [0, 0.1) is 5.82 Å². The molecular formula is C15H11FN2O2S2. The molecule has 0 radical (unpaired) electrons. The number of halogens is 1. The van der Waals surface area contributed by atoms with Gasteiger partial charge >= 0.3 is 6.03 Å². The van der Waals surface area contributed by atoms with E-state index >= 15 is 0 Å². The summed E-state index contributed by atoms with van der Waals surface area (Å²) in [5, 5.41) is 1.84. The Morgan fingerprint density at radius 1 is 1.14 bits per heavy atom. The van der Waals surface area contributed by atoms with Gasteiger partial charge in [0, 0.05) is 10.6 Å². The molecule has 3 amide bonds. The van der Waals surface area contributed by atoms with Crippen molar-refractivity contribution in [2.24, 2.45) is 0 Å². The fourth-order valence-electron chi connectivity index (χ4n) is 2.77. The molecule has 2 atom stereocenters. The Hall–Kier alpha value is -1.86. The molecular weight excluding hydrogens is 323 g/mol. The molecule has 112 valence electrons. The molecule has 1 aromatic heterocycles. The third kappa shape index (κ3) is 1.96. The molecule has 22 heavy (non-hydrogen) atoms. The van der Waals surface area contributed by atoms with Crippen molar-refractivity contribution in [3.8, 4) is 0 Å². The van der Waals surface area contributed by atoms with Gasteiger partial charge in [-0.15, -0.1) is 23.1 Å². The van der Waals surface area contributed by atoms with E-state index in [1.165, 1.54) is 24.3 Å². The minimum Gasteiger partial charge on any atom is -0.294 e. The maximum atomic E-state index is 13.0. The summed E-state index contributed by atoms with van der Waals surface area (Å²) >= 11 is 3.18. The van der Waals surface area contributed by atoms with Crippen molar-refractivity contribution in [2.75, 3.05) is 10.7 Å². The molecule has 4 nitrogen and oxygen atoms in total. The van der Waals surface area contributed by atoms with Gasteiger partial charge in [-0.25, -0.2) is 14.1 Å². The molecule has 0 spiro atoms. The van der Waals surface area contributed by atoms with Crippen LogP contribution in [0.3, 0.4) is 0 Å². The van der Waals surface area contributed by atoms with E-state index in [-0.39, 0.29) is 17.3 Å². The average molecular weight is 334 g/mol. The third-order valence-corrected chi connectivity index (χ3v) is 6.17. The summed E-state index contributed by atoms with van der Waals surface area (Å²) in [5.41, 5.74) is 0.417. The van der Waals surface area contributed by atoms with Crippen molar-refractivity contribution in [1.82, 2.24) is 4.90 Å². The number of hydrogen-bond acceptors (Lipinski definition) is 4. The average Bonchev–Trinajstić information content (AvgIpc) is 3.21. The Kier molecular flexibility index (Phi) is 3.19. The molecule has 0 aliphatic carbocycles. The number of thioether (sulfide) groups is 1. The highest BCUT2D eigenvalue weighted by molar-refractivity contribution is 7.99. The number of imide groups is 1. The Labute approximate surface area is 134 Å². The molecule has 1 aromatic carbocycles. The van der Waals surface area contributed by atoms with Crippen molar-refractivity contribution in [2.45, 2.75) is 11.4 Å². The monoisotopic (exact) mass is 334 g/mol. The van der Waals surface area contributed by atoms with Crippen LogP contribution in [0.2, 0.25) is 0 Å². The topological polar surface area (TPSA) is 40.6 Å². The summed E-state index contributed by atoms with van der Waals surface area (Å²) < 4.78 is 13.0.